The van der Waals surface area contributed by atoms with Crippen LogP contribution in [0, 0.1) is 6.92 Å². The maximum atomic E-state index is 13.3. The topological polar surface area (TPSA) is 63.0 Å². The molecule has 0 atom stereocenters. The van der Waals surface area contributed by atoms with Gasteiger partial charge >= 0.3 is 0 Å². The lowest BCUT2D eigenvalue weighted by Crippen LogP contribution is -2.48. The molecule has 1 aromatic carbocycles. The van der Waals surface area contributed by atoms with E-state index in [0.29, 0.717) is 31.0 Å². The standard InChI is InChI=1S/C26H27N5O2/c1-20-7-6-12-31-18-22(28-25(20)31)19-33-24-10-3-2-9-23(24)26(32)30-15-13-29(14-16-30)17-21-8-4-5-11-27-21/h2-12,18H,13-17,19H2,1H3. The molecule has 0 unspecified atom stereocenters. The molecule has 3 aromatic heterocycles. The Bertz CT molecular complexity index is 1250. The van der Waals surface area contributed by atoms with Gasteiger partial charge in [0.25, 0.3) is 5.91 Å². The third-order valence-electron chi connectivity index (χ3n) is 5.99. The van der Waals surface area contributed by atoms with E-state index in [4.69, 9.17) is 4.74 Å². The number of aryl methyl sites for hydroxylation is 1. The molecule has 33 heavy (non-hydrogen) atoms. The molecule has 1 aliphatic heterocycles. The maximum Gasteiger partial charge on any atom is 0.257 e. The highest BCUT2D eigenvalue weighted by Gasteiger charge is 2.24. The van der Waals surface area contributed by atoms with Crippen LogP contribution < -0.4 is 4.74 Å². The second-order valence-electron chi connectivity index (χ2n) is 8.33. The smallest absolute Gasteiger partial charge is 0.257 e. The first-order chi connectivity index (χ1) is 16.2. The van der Waals surface area contributed by atoms with Gasteiger partial charge in [0.1, 0.15) is 18.0 Å². The number of amides is 1. The number of piperazine rings is 1. The second kappa shape index (κ2) is 9.42. The fraction of sp³-hybridized carbons (Fsp3) is 0.269. The summed E-state index contributed by atoms with van der Waals surface area (Å²) in [5.41, 5.74) is 4.51. The highest BCUT2D eigenvalue weighted by atomic mass is 16.5. The van der Waals surface area contributed by atoms with Crippen molar-refractivity contribution in [3.05, 3.63) is 95.7 Å². The Labute approximate surface area is 193 Å². The molecule has 1 aliphatic rings. The van der Waals surface area contributed by atoms with E-state index >= 15 is 0 Å². The maximum absolute atomic E-state index is 13.3. The van der Waals surface area contributed by atoms with Gasteiger partial charge in [0, 0.05) is 51.3 Å². The predicted molar refractivity (Wildman–Crippen MR) is 126 cm³/mol. The van der Waals surface area contributed by atoms with Crippen LogP contribution in [0.2, 0.25) is 0 Å². The number of aromatic nitrogens is 3. The Kier molecular flexibility index (Phi) is 6.04. The summed E-state index contributed by atoms with van der Waals surface area (Å²) in [6.07, 6.45) is 5.76. The van der Waals surface area contributed by atoms with Gasteiger partial charge in [0.05, 0.1) is 17.0 Å². The number of nitrogens with zero attached hydrogens (tertiary/aromatic N) is 5. The quantitative estimate of drug-likeness (QED) is 0.458. The third-order valence-corrected chi connectivity index (χ3v) is 5.99. The van der Waals surface area contributed by atoms with Crippen LogP contribution in [0.1, 0.15) is 27.3 Å². The summed E-state index contributed by atoms with van der Waals surface area (Å²) in [6.45, 7) is 6.18. The van der Waals surface area contributed by atoms with Crippen LogP contribution >= 0.6 is 0 Å². The van der Waals surface area contributed by atoms with Crippen molar-refractivity contribution in [2.45, 2.75) is 20.1 Å². The van der Waals surface area contributed by atoms with E-state index in [1.54, 1.807) is 0 Å². The summed E-state index contributed by atoms with van der Waals surface area (Å²) in [5, 5.41) is 0. The number of hydrogen-bond acceptors (Lipinski definition) is 5. The third kappa shape index (κ3) is 4.73. The Morgan fingerprint density at radius 1 is 0.970 bits per heavy atom. The van der Waals surface area contributed by atoms with E-state index < -0.39 is 0 Å². The number of carbonyl (C=O) groups is 1. The molecular formula is C26H27N5O2. The molecule has 4 heterocycles. The number of ether oxygens (including phenoxy) is 1. The van der Waals surface area contributed by atoms with Crippen LogP contribution in [-0.4, -0.2) is 56.3 Å². The molecule has 0 spiro atoms. The van der Waals surface area contributed by atoms with Crippen molar-refractivity contribution in [2.75, 3.05) is 26.2 Å². The van der Waals surface area contributed by atoms with Crippen molar-refractivity contribution >= 4 is 11.6 Å². The van der Waals surface area contributed by atoms with Crippen LogP contribution in [0.15, 0.2) is 73.2 Å². The first kappa shape index (κ1) is 21.2. The SMILES string of the molecule is Cc1cccn2cc(COc3ccccc3C(=O)N3CCN(Cc4ccccn4)CC3)nc12. The summed E-state index contributed by atoms with van der Waals surface area (Å²) < 4.78 is 8.06. The van der Waals surface area contributed by atoms with E-state index in [-0.39, 0.29) is 5.91 Å². The lowest BCUT2D eigenvalue weighted by Gasteiger charge is -2.34. The van der Waals surface area contributed by atoms with Gasteiger partial charge in [-0.25, -0.2) is 4.98 Å². The minimum Gasteiger partial charge on any atom is -0.486 e. The molecule has 0 N–H and O–H groups in total. The number of hydrogen-bond donors (Lipinski definition) is 0. The number of para-hydroxylation sites is 1. The first-order valence-corrected chi connectivity index (χ1v) is 11.2. The Hall–Kier alpha value is -3.71. The Morgan fingerprint density at radius 3 is 2.58 bits per heavy atom. The molecule has 1 amide bonds. The molecule has 7 heteroatoms. The summed E-state index contributed by atoms with van der Waals surface area (Å²) in [4.78, 5) is 26.6. The summed E-state index contributed by atoms with van der Waals surface area (Å²) in [6, 6.07) is 17.5. The van der Waals surface area contributed by atoms with Gasteiger partial charge in [-0.15, -0.1) is 0 Å². The zero-order chi connectivity index (χ0) is 22.6. The minimum atomic E-state index is 0.00827. The number of imidazole rings is 1. The van der Waals surface area contributed by atoms with Gasteiger partial charge in [-0.2, -0.15) is 0 Å². The number of rotatable bonds is 6. The largest absolute Gasteiger partial charge is 0.486 e. The number of pyridine rings is 2. The van der Waals surface area contributed by atoms with Gasteiger partial charge in [0.2, 0.25) is 0 Å². The predicted octanol–water partition coefficient (Wildman–Crippen LogP) is 3.57. The van der Waals surface area contributed by atoms with Crippen LogP contribution in [0.4, 0.5) is 0 Å². The van der Waals surface area contributed by atoms with Crippen LogP contribution in [0.5, 0.6) is 5.75 Å². The molecule has 0 aliphatic carbocycles. The van der Waals surface area contributed by atoms with Gasteiger partial charge in [-0.05, 0) is 42.8 Å². The summed E-state index contributed by atoms with van der Waals surface area (Å²) in [7, 11) is 0. The van der Waals surface area contributed by atoms with Crippen molar-refractivity contribution in [1.82, 2.24) is 24.2 Å². The molecule has 0 radical (unpaired) electrons. The van der Waals surface area contributed by atoms with Gasteiger partial charge in [-0.3, -0.25) is 14.7 Å². The fourth-order valence-electron chi connectivity index (χ4n) is 4.19. The Morgan fingerprint density at radius 2 is 1.79 bits per heavy atom. The number of fused-ring (bicyclic) bond motifs is 1. The zero-order valence-corrected chi connectivity index (χ0v) is 18.7. The van der Waals surface area contributed by atoms with Gasteiger partial charge < -0.3 is 14.0 Å². The summed E-state index contributed by atoms with van der Waals surface area (Å²) >= 11 is 0. The van der Waals surface area contributed by atoms with Crippen molar-refractivity contribution in [1.29, 1.82) is 0 Å². The van der Waals surface area contributed by atoms with Crippen molar-refractivity contribution in [3.63, 3.8) is 0 Å². The van der Waals surface area contributed by atoms with E-state index in [0.717, 1.165) is 42.2 Å². The average molecular weight is 442 g/mol. The lowest BCUT2D eigenvalue weighted by atomic mass is 10.1. The molecular weight excluding hydrogens is 414 g/mol. The van der Waals surface area contributed by atoms with Gasteiger partial charge in [-0.1, -0.05) is 24.3 Å². The minimum absolute atomic E-state index is 0.00827. The van der Waals surface area contributed by atoms with Gasteiger partial charge in [0.15, 0.2) is 0 Å². The second-order valence-corrected chi connectivity index (χ2v) is 8.33. The van der Waals surface area contributed by atoms with Crippen molar-refractivity contribution in [2.24, 2.45) is 0 Å². The molecule has 1 saturated heterocycles. The van der Waals surface area contributed by atoms with E-state index in [1.165, 1.54) is 0 Å². The zero-order valence-electron chi connectivity index (χ0n) is 18.7. The molecule has 5 rings (SSSR count). The van der Waals surface area contributed by atoms with Crippen molar-refractivity contribution < 1.29 is 9.53 Å². The first-order valence-electron chi connectivity index (χ1n) is 11.2. The van der Waals surface area contributed by atoms with Crippen LogP contribution in [0.3, 0.4) is 0 Å². The van der Waals surface area contributed by atoms with Crippen molar-refractivity contribution in [3.8, 4) is 5.75 Å². The van der Waals surface area contributed by atoms with E-state index in [9.17, 15) is 4.79 Å². The fourth-order valence-corrected chi connectivity index (χ4v) is 4.19. The molecule has 7 nitrogen and oxygen atoms in total. The average Bonchev–Trinajstić information content (AvgIpc) is 3.28. The van der Waals surface area contributed by atoms with E-state index in [1.807, 2.05) is 89.4 Å². The molecule has 0 bridgehead atoms. The lowest BCUT2D eigenvalue weighted by molar-refractivity contribution is 0.0622. The normalized spacial score (nSPS) is 14.5. The number of carbonyl (C=O) groups excluding carboxylic acids is 1. The van der Waals surface area contributed by atoms with Crippen LogP contribution in [0.25, 0.3) is 5.65 Å². The highest BCUT2D eigenvalue weighted by molar-refractivity contribution is 5.97. The molecule has 4 aromatic rings. The monoisotopic (exact) mass is 441 g/mol. The molecule has 0 saturated carbocycles. The molecule has 1 fully saturated rings. The van der Waals surface area contributed by atoms with Crippen LogP contribution in [-0.2, 0) is 13.2 Å². The summed E-state index contributed by atoms with van der Waals surface area (Å²) in [5.74, 6) is 0.598. The highest BCUT2D eigenvalue weighted by Crippen LogP contribution is 2.22. The Balaban J connectivity index is 1.23. The van der Waals surface area contributed by atoms with E-state index in [2.05, 4.69) is 14.9 Å². The molecule has 168 valence electrons. The number of benzene rings is 1.